The smallest absolute Gasteiger partial charge is 0.407 e. The van der Waals surface area contributed by atoms with Crippen LogP contribution in [0.3, 0.4) is 0 Å². The summed E-state index contributed by atoms with van der Waals surface area (Å²) < 4.78 is 95.3. The van der Waals surface area contributed by atoms with Gasteiger partial charge in [0.15, 0.2) is 0 Å². The van der Waals surface area contributed by atoms with Crippen LogP contribution in [0, 0.1) is 64.6 Å². The van der Waals surface area contributed by atoms with Crippen molar-refractivity contribution in [2.45, 2.75) is 70.9 Å². The normalized spacial score (nSPS) is 18.1. The molecule has 2 aliphatic rings. The van der Waals surface area contributed by atoms with Crippen molar-refractivity contribution >= 4 is 29.9 Å². The van der Waals surface area contributed by atoms with Crippen molar-refractivity contribution in [3.8, 4) is 17.6 Å². The van der Waals surface area contributed by atoms with Gasteiger partial charge in [0.05, 0.1) is 46.2 Å². The van der Waals surface area contributed by atoms with Crippen LogP contribution in [0.25, 0.3) is 0 Å². The fourth-order valence-electron chi connectivity index (χ4n) is 6.09. The Morgan fingerprint density at radius 2 is 1.32 bits per heavy atom. The average molecular weight is 820 g/mol. The Hall–Kier alpha value is -4.74. The summed E-state index contributed by atoms with van der Waals surface area (Å²) in [5.41, 5.74) is 5.00. The summed E-state index contributed by atoms with van der Waals surface area (Å²) in [6, 6.07) is -3.87. The molecular formula is C37H50F5N5O10. The Balaban J connectivity index is 1.31. The second-order valence-corrected chi connectivity index (χ2v) is 13.6. The highest BCUT2D eigenvalue weighted by atomic mass is 19.2. The largest absolute Gasteiger partial charge is 0.449 e. The minimum absolute atomic E-state index is 0.0416. The van der Waals surface area contributed by atoms with E-state index in [1.54, 1.807) is 13.8 Å². The van der Waals surface area contributed by atoms with E-state index >= 15 is 0 Å². The van der Waals surface area contributed by atoms with Crippen LogP contribution < -0.4 is 31.7 Å². The number of urea groups is 1. The zero-order chi connectivity index (χ0) is 41.9. The van der Waals surface area contributed by atoms with Gasteiger partial charge in [0.2, 0.25) is 46.6 Å². The molecule has 0 aliphatic heterocycles. The van der Waals surface area contributed by atoms with Crippen molar-refractivity contribution in [3.05, 3.63) is 29.1 Å². The molecule has 2 unspecified atom stereocenters. The molecule has 3 rings (SSSR count). The Morgan fingerprint density at radius 1 is 0.754 bits per heavy atom. The van der Waals surface area contributed by atoms with Gasteiger partial charge < -0.3 is 50.7 Å². The fraction of sp³-hybridized carbons (Fsp3) is 0.649. The summed E-state index contributed by atoms with van der Waals surface area (Å²) in [7, 11) is 0. The summed E-state index contributed by atoms with van der Waals surface area (Å²) in [5, 5.41) is 9.65. The molecule has 0 heterocycles. The van der Waals surface area contributed by atoms with E-state index in [1.165, 1.54) is 0 Å². The van der Waals surface area contributed by atoms with Crippen molar-refractivity contribution in [1.82, 2.24) is 21.3 Å². The summed E-state index contributed by atoms with van der Waals surface area (Å²) in [6.07, 6.45) is 2.88. The minimum Gasteiger partial charge on any atom is -0.449 e. The molecule has 57 heavy (non-hydrogen) atoms. The maximum Gasteiger partial charge on any atom is 0.407 e. The SMILES string of the molecule is CC(C)[C@H](NC(=O)CCOCCOCCOCCNC(=O)OCC1C2CCC#CCCC21)C(=O)N[C@@H](CCCNC(N)=O)C(=O)Oc1c(F)c(F)c(F)c(F)c1F. The topological polar surface area (TPSA) is 206 Å². The lowest BCUT2D eigenvalue weighted by Crippen LogP contribution is -2.54. The van der Waals surface area contributed by atoms with Gasteiger partial charge in [-0.25, -0.2) is 27.6 Å². The number of hydrogen-bond acceptors (Lipinski definition) is 10. The molecule has 0 spiro atoms. The molecule has 20 heteroatoms. The van der Waals surface area contributed by atoms with Crippen LogP contribution in [0.1, 0.15) is 58.8 Å². The highest BCUT2D eigenvalue weighted by Gasteiger charge is 2.49. The molecule has 0 saturated heterocycles. The quantitative estimate of drug-likeness (QED) is 0.0196. The van der Waals surface area contributed by atoms with Crippen LogP contribution in [0.4, 0.5) is 31.5 Å². The molecule has 1 fully saturated rings. The van der Waals surface area contributed by atoms with E-state index in [0.717, 1.165) is 25.7 Å². The summed E-state index contributed by atoms with van der Waals surface area (Å²) in [6.45, 7) is 4.81. The lowest BCUT2D eigenvalue weighted by atomic mass is 10.0. The predicted molar refractivity (Wildman–Crippen MR) is 191 cm³/mol. The monoisotopic (exact) mass is 819 g/mol. The number of fused-ring (bicyclic) bond motifs is 1. The van der Waals surface area contributed by atoms with Gasteiger partial charge in [0, 0.05) is 32.4 Å². The van der Waals surface area contributed by atoms with E-state index < -0.39 is 82.7 Å². The molecule has 5 amide bonds. The van der Waals surface area contributed by atoms with Crippen LogP contribution in [0.15, 0.2) is 0 Å². The molecule has 6 N–H and O–H groups in total. The standard InChI is InChI=1S/C37H50F5N5O10/c1-21(2)32(34(49)46-25(10-7-12-44-36(43)51)35(50)57-33-30(41)28(39)27(38)29(40)31(33)42)47-26(48)11-14-53-16-18-55-19-17-54-15-13-45-37(52)56-20-24-22-8-5-3-4-6-9-23(22)24/h21-25,32H,5-20H2,1-2H3,(H,45,52)(H,46,49)(H,47,48)(H3,43,44,51)/t22?,23?,24?,25-,32-/m0/s1. The van der Waals surface area contributed by atoms with Crippen molar-refractivity contribution in [2.24, 2.45) is 29.4 Å². The molecule has 2 aliphatic carbocycles. The average Bonchev–Trinajstić information content (AvgIpc) is 3.82. The first kappa shape index (κ1) is 46.6. The number of rotatable bonds is 24. The van der Waals surface area contributed by atoms with E-state index in [2.05, 4.69) is 37.8 Å². The van der Waals surface area contributed by atoms with Crippen LogP contribution in [0.5, 0.6) is 5.75 Å². The maximum atomic E-state index is 14.2. The van der Waals surface area contributed by atoms with Gasteiger partial charge in [-0.2, -0.15) is 8.78 Å². The van der Waals surface area contributed by atoms with E-state index in [-0.39, 0.29) is 72.0 Å². The number of carbonyl (C=O) groups excluding carboxylic acids is 5. The molecule has 0 bridgehead atoms. The zero-order valence-electron chi connectivity index (χ0n) is 31.8. The Bertz CT molecular complexity index is 1560. The minimum atomic E-state index is -2.47. The molecule has 4 atom stereocenters. The number of primary amides is 1. The van der Waals surface area contributed by atoms with Crippen molar-refractivity contribution < 1.29 is 69.6 Å². The van der Waals surface area contributed by atoms with Gasteiger partial charge in [-0.3, -0.25) is 9.59 Å². The third kappa shape index (κ3) is 15.6. The van der Waals surface area contributed by atoms with E-state index in [4.69, 9.17) is 24.7 Å². The Labute approximate surface area is 326 Å². The number of hydrogen-bond donors (Lipinski definition) is 5. The van der Waals surface area contributed by atoms with Gasteiger partial charge in [-0.15, -0.1) is 11.8 Å². The second-order valence-electron chi connectivity index (χ2n) is 13.6. The molecule has 1 aromatic carbocycles. The molecular weight excluding hydrogens is 769 g/mol. The van der Waals surface area contributed by atoms with Crippen LogP contribution >= 0.6 is 0 Å². The highest BCUT2D eigenvalue weighted by molar-refractivity contribution is 5.91. The fourth-order valence-corrected chi connectivity index (χ4v) is 6.09. The second kappa shape index (κ2) is 24.1. The maximum absolute atomic E-state index is 14.2. The number of benzene rings is 1. The lowest BCUT2D eigenvalue weighted by Gasteiger charge is -2.25. The molecule has 318 valence electrons. The van der Waals surface area contributed by atoms with Crippen molar-refractivity contribution in [3.63, 3.8) is 0 Å². The van der Waals surface area contributed by atoms with Crippen LogP contribution in [-0.4, -0.2) is 101 Å². The van der Waals surface area contributed by atoms with Gasteiger partial charge in [0.25, 0.3) is 0 Å². The Kier molecular flexibility index (Phi) is 19.7. The number of ether oxygens (including phenoxy) is 5. The number of nitrogens with two attached hydrogens (primary N) is 1. The number of alkyl carbamates (subject to hydrolysis) is 1. The predicted octanol–water partition coefficient (Wildman–Crippen LogP) is 2.97. The first-order valence-electron chi connectivity index (χ1n) is 18.7. The molecule has 0 radical (unpaired) electrons. The lowest BCUT2D eigenvalue weighted by molar-refractivity contribution is -0.141. The number of amides is 5. The number of esters is 1. The number of halogens is 5. The van der Waals surface area contributed by atoms with Crippen molar-refractivity contribution in [2.75, 3.05) is 59.3 Å². The van der Waals surface area contributed by atoms with E-state index in [0.29, 0.717) is 24.4 Å². The van der Waals surface area contributed by atoms with Gasteiger partial charge in [-0.05, 0) is 49.4 Å². The van der Waals surface area contributed by atoms with Crippen LogP contribution in [0.2, 0.25) is 0 Å². The van der Waals surface area contributed by atoms with Crippen LogP contribution in [-0.2, 0) is 33.3 Å². The molecule has 0 aromatic heterocycles. The number of nitrogens with one attached hydrogen (secondary N) is 4. The van der Waals surface area contributed by atoms with E-state index in [9.17, 15) is 45.9 Å². The Morgan fingerprint density at radius 3 is 1.89 bits per heavy atom. The number of carbonyl (C=O) groups is 5. The highest BCUT2D eigenvalue weighted by Crippen LogP contribution is 2.52. The molecule has 1 aromatic rings. The third-order valence-corrected chi connectivity index (χ3v) is 9.19. The first-order chi connectivity index (χ1) is 27.2. The van der Waals surface area contributed by atoms with Gasteiger partial charge in [-0.1, -0.05) is 13.8 Å². The third-order valence-electron chi connectivity index (χ3n) is 9.19. The van der Waals surface area contributed by atoms with E-state index in [1.807, 2.05) is 0 Å². The van der Waals surface area contributed by atoms with Gasteiger partial charge >= 0.3 is 18.1 Å². The zero-order valence-corrected chi connectivity index (χ0v) is 31.8. The molecule has 1 saturated carbocycles. The summed E-state index contributed by atoms with van der Waals surface area (Å²) >= 11 is 0. The summed E-state index contributed by atoms with van der Waals surface area (Å²) in [5.74, 6) is -9.59. The first-order valence-corrected chi connectivity index (χ1v) is 18.7. The summed E-state index contributed by atoms with van der Waals surface area (Å²) in [4.78, 5) is 61.7. The molecule has 15 nitrogen and oxygen atoms in total. The van der Waals surface area contributed by atoms with Crippen molar-refractivity contribution in [1.29, 1.82) is 0 Å². The van der Waals surface area contributed by atoms with Gasteiger partial charge in [0.1, 0.15) is 12.1 Å².